The zero-order valence-electron chi connectivity index (χ0n) is 29.5. The highest BCUT2D eigenvalue weighted by atomic mass is 19.4. The molecule has 1 aromatic heterocycles. The lowest BCUT2D eigenvalue weighted by molar-refractivity contribution is -0.137. The Morgan fingerprint density at radius 1 is 0.418 bits per heavy atom. The summed E-state index contributed by atoms with van der Waals surface area (Å²) >= 11 is 0. The number of fused-ring (bicyclic) bond motifs is 6. The van der Waals surface area contributed by atoms with Gasteiger partial charge in [0.25, 0.3) is 0 Å². The third-order valence-corrected chi connectivity index (χ3v) is 11.0. The van der Waals surface area contributed by atoms with E-state index in [1.165, 1.54) is 34.4 Å². The molecule has 8 aromatic carbocycles. The molecule has 0 bridgehead atoms. The number of halogens is 3. The van der Waals surface area contributed by atoms with Gasteiger partial charge in [-0.15, -0.1) is 0 Å². The van der Waals surface area contributed by atoms with E-state index < -0.39 is 17.2 Å². The Hall–Kier alpha value is -6.85. The first-order chi connectivity index (χ1) is 26.9. The van der Waals surface area contributed by atoms with Crippen molar-refractivity contribution in [3.63, 3.8) is 0 Å². The number of nitrogens with zero attached hydrogens (tertiary/aromatic N) is 1. The second-order valence-corrected chi connectivity index (χ2v) is 14.0. The second-order valence-electron chi connectivity index (χ2n) is 14.0. The molecule has 0 radical (unpaired) electrons. The maximum absolute atomic E-state index is 13.7. The lowest BCUT2D eigenvalue weighted by Crippen LogP contribution is -2.28. The summed E-state index contributed by atoms with van der Waals surface area (Å²) in [4.78, 5) is 2.00. The number of rotatable bonds is 6. The van der Waals surface area contributed by atoms with E-state index >= 15 is 0 Å². The van der Waals surface area contributed by atoms with Gasteiger partial charge in [-0.1, -0.05) is 140 Å². The molecule has 1 aliphatic carbocycles. The zero-order chi connectivity index (χ0) is 37.1. The summed E-state index contributed by atoms with van der Waals surface area (Å²) in [7, 11) is 0. The Morgan fingerprint density at radius 2 is 0.909 bits per heavy atom. The number of para-hydroxylation sites is 2. The number of hydrogen-bond acceptors (Lipinski definition) is 2. The largest absolute Gasteiger partial charge is 0.455 e. The molecule has 0 saturated carbocycles. The van der Waals surface area contributed by atoms with Gasteiger partial charge in [0.15, 0.2) is 0 Å². The van der Waals surface area contributed by atoms with E-state index in [1.54, 1.807) is 0 Å². The van der Waals surface area contributed by atoms with Crippen LogP contribution in [0.3, 0.4) is 0 Å². The minimum absolute atomic E-state index is 0.564. The third-order valence-electron chi connectivity index (χ3n) is 11.0. The average molecular weight is 720 g/mol. The molecule has 264 valence electrons. The Balaban J connectivity index is 1.11. The normalized spacial score (nSPS) is 13.1. The van der Waals surface area contributed by atoms with E-state index in [2.05, 4.69) is 109 Å². The SMILES string of the molecule is FC(F)(F)c1ccc(N(c2ccc(-c3cccc4c3oc3ccccc34)cc2)c2ccc(C3(c4ccccc4)c4ccccc4-c4ccccc43)cc2)cc1. The van der Waals surface area contributed by atoms with Crippen molar-refractivity contribution in [1.82, 2.24) is 0 Å². The van der Waals surface area contributed by atoms with Gasteiger partial charge in [-0.05, 0) is 93.5 Å². The molecule has 2 nitrogen and oxygen atoms in total. The van der Waals surface area contributed by atoms with E-state index in [4.69, 9.17) is 4.42 Å². The molecule has 0 aliphatic heterocycles. The minimum atomic E-state index is -4.44. The van der Waals surface area contributed by atoms with Gasteiger partial charge in [0, 0.05) is 33.4 Å². The van der Waals surface area contributed by atoms with Crippen LogP contribution in [-0.4, -0.2) is 0 Å². The third kappa shape index (κ3) is 5.19. The van der Waals surface area contributed by atoms with Crippen LogP contribution in [0.4, 0.5) is 30.2 Å². The smallest absolute Gasteiger partial charge is 0.416 e. The van der Waals surface area contributed by atoms with Crippen molar-refractivity contribution in [3.8, 4) is 22.3 Å². The fourth-order valence-corrected chi connectivity index (χ4v) is 8.58. The van der Waals surface area contributed by atoms with Gasteiger partial charge in [0.2, 0.25) is 0 Å². The van der Waals surface area contributed by atoms with Gasteiger partial charge < -0.3 is 9.32 Å². The summed E-state index contributed by atoms with van der Waals surface area (Å²) in [5, 5.41) is 2.11. The maximum Gasteiger partial charge on any atom is 0.416 e. The van der Waals surface area contributed by atoms with Crippen LogP contribution in [0.25, 0.3) is 44.2 Å². The topological polar surface area (TPSA) is 16.4 Å². The first-order valence-electron chi connectivity index (χ1n) is 18.2. The van der Waals surface area contributed by atoms with Crippen LogP contribution in [0.1, 0.15) is 27.8 Å². The fourth-order valence-electron chi connectivity index (χ4n) is 8.58. The Morgan fingerprint density at radius 3 is 1.55 bits per heavy atom. The number of furan rings is 1. The van der Waals surface area contributed by atoms with Crippen molar-refractivity contribution >= 4 is 39.0 Å². The summed E-state index contributed by atoms with van der Waals surface area (Å²) in [6.45, 7) is 0. The summed E-state index contributed by atoms with van der Waals surface area (Å²) in [5.74, 6) is 0. The molecule has 0 N–H and O–H groups in total. The lowest BCUT2D eigenvalue weighted by Gasteiger charge is -2.34. The Bertz CT molecular complexity index is 2790. The van der Waals surface area contributed by atoms with E-state index in [9.17, 15) is 13.2 Å². The fraction of sp³-hybridized carbons (Fsp3) is 0.0400. The van der Waals surface area contributed by atoms with Crippen LogP contribution >= 0.6 is 0 Å². The van der Waals surface area contributed by atoms with Crippen molar-refractivity contribution in [2.24, 2.45) is 0 Å². The van der Waals surface area contributed by atoms with Gasteiger partial charge in [-0.25, -0.2) is 0 Å². The molecule has 0 spiro atoms. The van der Waals surface area contributed by atoms with Crippen LogP contribution in [0.2, 0.25) is 0 Å². The quantitative estimate of drug-likeness (QED) is 0.170. The van der Waals surface area contributed by atoms with Crippen molar-refractivity contribution < 1.29 is 17.6 Å². The highest BCUT2D eigenvalue weighted by Gasteiger charge is 2.45. The van der Waals surface area contributed by atoms with Gasteiger partial charge in [-0.3, -0.25) is 0 Å². The molecule has 1 aliphatic rings. The lowest BCUT2D eigenvalue weighted by atomic mass is 9.68. The van der Waals surface area contributed by atoms with Crippen LogP contribution in [-0.2, 0) is 11.6 Å². The summed E-state index contributed by atoms with van der Waals surface area (Å²) in [6.07, 6.45) is -4.44. The highest BCUT2D eigenvalue weighted by molar-refractivity contribution is 6.09. The van der Waals surface area contributed by atoms with Crippen molar-refractivity contribution in [2.45, 2.75) is 11.6 Å². The van der Waals surface area contributed by atoms with Crippen LogP contribution < -0.4 is 4.90 Å². The van der Waals surface area contributed by atoms with Gasteiger partial charge in [0.05, 0.1) is 11.0 Å². The molecular formula is C50H32F3NO. The molecule has 5 heteroatoms. The van der Waals surface area contributed by atoms with E-state index in [0.717, 1.165) is 67.7 Å². The molecule has 0 atom stereocenters. The monoisotopic (exact) mass is 719 g/mol. The van der Waals surface area contributed by atoms with E-state index in [1.807, 2.05) is 65.6 Å². The Labute approximate surface area is 316 Å². The predicted octanol–water partition coefficient (Wildman–Crippen LogP) is 14.1. The van der Waals surface area contributed by atoms with Crippen molar-refractivity contribution in [2.75, 3.05) is 4.90 Å². The predicted molar refractivity (Wildman–Crippen MR) is 216 cm³/mol. The molecule has 0 amide bonds. The standard InChI is InChI=1S/C50H32F3NO/c51-50(52,53)36-25-31-39(32-26-36)54(37-27-21-33(22-28-37)40-16-10-17-44-43-15-6-9-20-47(43)55-48(40)44)38-29-23-35(24-30-38)49(34-11-2-1-3-12-34)45-18-7-4-13-41(45)42-14-5-8-19-46(42)49/h1-32H. The van der Waals surface area contributed by atoms with E-state index in [0.29, 0.717) is 5.69 Å². The first-order valence-corrected chi connectivity index (χ1v) is 18.2. The van der Waals surface area contributed by atoms with Crippen molar-refractivity contribution in [1.29, 1.82) is 0 Å². The molecular weight excluding hydrogens is 688 g/mol. The van der Waals surface area contributed by atoms with Crippen LogP contribution in [0.15, 0.2) is 199 Å². The van der Waals surface area contributed by atoms with Crippen LogP contribution in [0, 0.1) is 0 Å². The molecule has 10 rings (SSSR count). The highest BCUT2D eigenvalue weighted by Crippen LogP contribution is 2.56. The maximum atomic E-state index is 13.7. The zero-order valence-corrected chi connectivity index (χ0v) is 29.5. The number of anilines is 3. The van der Waals surface area contributed by atoms with Crippen molar-refractivity contribution in [3.05, 3.63) is 222 Å². The summed E-state index contributed by atoms with van der Waals surface area (Å²) < 4.78 is 47.5. The minimum Gasteiger partial charge on any atom is -0.455 e. The summed E-state index contributed by atoms with van der Waals surface area (Å²) in [5.41, 5.74) is 11.7. The molecule has 1 heterocycles. The molecule has 55 heavy (non-hydrogen) atoms. The second kappa shape index (κ2) is 12.6. The number of alkyl halides is 3. The van der Waals surface area contributed by atoms with Gasteiger partial charge in [0.1, 0.15) is 11.2 Å². The molecule has 0 fully saturated rings. The molecule has 0 unspecified atom stereocenters. The Kier molecular flexibility index (Phi) is 7.53. The van der Waals surface area contributed by atoms with E-state index in [-0.39, 0.29) is 0 Å². The summed E-state index contributed by atoms with van der Waals surface area (Å²) in [6, 6.07) is 63.9. The van der Waals surface area contributed by atoms with Gasteiger partial charge in [-0.2, -0.15) is 13.2 Å². The number of benzene rings is 8. The number of hydrogen-bond donors (Lipinski definition) is 0. The van der Waals surface area contributed by atoms with Gasteiger partial charge >= 0.3 is 6.18 Å². The molecule has 0 saturated heterocycles. The van der Waals surface area contributed by atoms with Crippen LogP contribution in [0.5, 0.6) is 0 Å². The first kappa shape index (κ1) is 32.8. The molecule has 9 aromatic rings. The average Bonchev–Trinajstić information content (AvgIpc) is 3.76.